The molecule has 1 heterocycles. The predicted octanol–water partition coefficient (Wildman–Crippen LogP) is 4.03. The Hall–Kier alpha value is -1.80. The molecule has 1 saturated heterocycles. The van der Waals surface area contributed by atoms with E-state index in [9.17, 15) is 0 Å². The third-order valence-electron chi connectivity index (χ3n) is 3.20. The summed E-state index contributed by atoms with van der Waals surface area (Å²) in [6.45, 7) is 3.13. The third kappa shape index (κ3) is 5.89. The molecule has 0 unspecified atom stereocenters. The van der Waals surface area contributed by atoms with Gasteiger partial charge in [0.25, 0.3) is 0 Å². The van der Waals surface area contributed by atoms with E-state index >= 15 is 0 Å². The molecule has 2 aromatic carbocycles. The lowest BCUT2D eigenvalue weighted by Gasteiger charge is -2.08. The second-order valence-electron chi connectivity index (χ2n) is 4.90. The van der Waals surface area contributed by atoms with Crippen molar-refractivity contribution in [3.05, 3.63) is 66.2 Å². The summed E-state index contributed by atoms with van der Waals surface area (Å²) in [5, 5.41) is 3.28. The third-order valence-corrected chi connectivity index (χ3v) is 3.20. The number of ether oxygens (including phenoxy) is 1. The predicted molar refractivity (Wildman–Crippen MR) is 83.9 cm³/mol. The normalized spacial score (nSPS) is 14.0. The van der Waals surface area contributed by atoms with Gasteiger partial charge in [-0.05, 0) is 43.6 Å². The monoisotopic (exact) mass is 269 g/mol. The average molecular weight is 269 g/mol. The first-order valence-corrected chi connectivity index (χ1v) is 7.37. The fourth-order valence-electron chi connectivity index (χ4n) is 2.06. The number of para-hydroxylation sites is 1. The first-order chi connectivity index (χ1) is 9.95. The van der Waals surface area contributed by atoms with Crippen molar-refractivity contribution < 1.29 is 4.74 Å². The molecule has 2 nitrogen and oxygen atoms in total. The molecule has 0 aliphatic carbocycles. The van der Waals surface area contributed by atoms with Gasteiger partial charge in [0.15, 0.2) is 0 Å². The van der Waals surface area contributed by atoms with E-state index < -0.39 is 0 Å². The lowest BCUT2D eigenvalue weighted by Crippen LogP contribution is -2.21. The lowest BCUT2D eigenvalue weighted by atomic mass is 10.2. The van der Waals surface area contributed by atoms with Crippen molar-refractivity contribution in [1.82, 2.24) is 5.32 Å². The van der Waals surface area contributed by atoms with Gasteiger partial charge in [0.1, 0.15) is 12.4 Å². The van der Waals surface area contributed by atoms with E-state index in [0.717, 1.165) is 5.75 Å². The fraction of sp³-hybridized carbons (Fsp3) is 0.333. The van der Waals surface area contributed by atoms with Gasteiger partial charge < -0.3 is 10.1 Å². The smallest absolute Gasteiger partial charge is 0.119 e. The van der Waals surface area contributed by atoms with Gasteiger partial charge in [-0.3, -0.25) is 0 Å². The summed E-state index contributed by atoms with van der Waals surface area (Å²) in [5.74, 6) is 0.913. The Balaban J connectivity index is 0.000000205. The Morgan fingerprint density at radius 3 is 1.85 bits per heavy atom. The molecule has 1 aliphatic heterocycles. The molecule has 0 bridgehead atoms. The molecule has 0 spiro atoms. The zero-order chi connectivity index (χ0) is 13.9. The first kappa shape index (κ1) is 14.6. The fourth-order valence-corrected chi connectivity index (χ4v) is 2.06. The van der Waals surface area contributed by atoms with Gasteiger partial charge in [0, 0.05) is 0 Å². The minimum absolute atomic E-state index is 0.630. The highest BCUT2D eigenvalue weighted by Gasteiger charge is 1.94. The van der Waals surface area contributed by atoms with E-state index in [2.05, 4.69) is 17.4 Å². The maximum atomic E-state index is 5.59. The molecule has 2 heteroatoms. The Kier molecular flexibility index (Phi) is 6.69. The minimum atomic E-state index is 0.630. The number of hydrogen-bond acceptors (Lipinski definition) is 2. The van der Waals surface area contributed by atoms with Crippen molar-refractivity contribution in [1.29, 1.82) is 0 Å². The maximum Gasteiger partial charge on any atom is 0.119 e. The Labute approximate surface area is 121 Å². The number of benzene rings is 2. The molecule has 2 aromatic rings. The summed E-state index contributed by atoms with van der Waals surface area (Å²) < 4.78 is 5.59. The second-order valence-corrected chi connectivity index (χ2v) is 4.90. The number of piperidine rings is 1. The van der Waals surface area contributed by atoms with Gasteiger partial charge in [-0.25, -0.2) is 0 Å². The lowest BCUT2D eigenvalue weighted by molar-refractivity contribution is 0.306. The average Bonchev–Trinajstić information content (AvgIpc) is 2.57. The molecule has 0 atom stereocenters. The summed E-state index contributed by atoms with van der Waals surface area (Å²) in [7, 11) is 0. The summed E-state index contributed by atoms with van der Waals surface area (Å²) in [6.07, 6.45) is 4.22. The molecule has 20 heavy (non-hydrogen) atoms. The van der Waals surface area contributed by atoms with Crippen LogP contribution >= 0.6 is 0 Å². The van der Waals surface area contributed by atoms with Crippen LogP contribution < -0.4 is 10.1 Å². The molecule has 1 N–H and O–H groups in total. The first-order valence-electron chi connectivity index (χ1n) is 7.37. The van der Waals surface area contributed by atoms with Crippen LogP contribution in [0.5, 0.6) is 5.75 Å². The molecule has 106 valence electrons. The van der Waals surface area contributed by atoms with Gasteiger partial charge in [-0.1, -0.05) is 55.0 Å². The van der Waals surface area contributed by atoms with Crippen LogP contribution in [-0.4, -0.2) is 13.1 Å². The van der Waals surface area contributed by atoms with Crippen molar-refractivity contribution in [3.8, 4) is 5.75 Å². The van der Waals surface area contributed by atoms with Crippen molar-refractivity contribution in [2.45, 2.75) is 25.9 Å². The summed E-state index contributed by atoms with van der Waals surface area (Å²) >= 11 is 0. The summed E-state index contributed by atoms with van der Waals surface area (Å²) in [4.78, 5) is 0. The molecule has 0 saturated carbocycles. The van der Waals surface area contributed by atoms with Crippen LogP contribution in [0.2, 0.25) is 0 Å². The number of nitrogens with one attached hydrogen (secondary N) is 1. The molecule has 1 fully saturated rings. The summed E-state index contributed by atoms with van der Waals surface area (Å²) in [5.41, 5.74) is 1.19. The SMILES string of the molecule is C1CCNCC1.c1ccc(COc2ccccc2)cc1. The van der Waals surface area contributed by atoms with E-state index in [1.807, 2.05) is 48.5 Å². The van der Waals surface area contributed by atoms with E-state index in [-0.39, 0.29) is 0 Å². The van der Waals surface area contributed by atoms with E-state index in [4.69, 9.17) is 4.74 Å². The standard InChI is InChI=1S/C13H12O.C5H11N/c1-3-7-12(8-4-1)11-14-13-9-5-2-6-10-13;1-2-4-6-5-3-1/h1-10H,11H2;6H,1-5H2. The quantitative estimate of drug-likeness (QED) is 0.908. The molecular formula is C18H23NO. The topological polar surface area (TPSA) is 21.3 Å². The van der Waals surface area contributed by atoms with Crippen molar-refractivity contribution in [2.24, 2.45) is 0 Å². The second kappa shape index (κ2) is 9.16. The van der Waals surface area contributed by atoms with Gasteiger partial charge in [0.2, 0.25) is 0 Å². The van der Waals surface area contributed by atoms with Crippen LogP contribution in [0.3, 0.4) is 0 Å². The van der Waals surface area contributed by atoms with Crippen molar-refractivity contribution in [2.75, 3.05) is 13.1 Å². The van der Waals surface area contributed by atoms with Crippen molar-refractivity contribution >= 4 is 0 Å². The van der Waals surface area contributed by atoms with Gasteiger partial charge in [-0.15, -0.1) is 0 Å². The van der Waals surface area contributed by atoms with Crippen LogP contribution in [0.4, 0.5) is 0 Å². The van der Waals surface area contributed by atoms with Crippen LogP contribution in [0.15, 0.2) is 60.7 Å². The zero-order valence-corrected chi connectivity index (χ0v) is 11.9. The van der Waals surface area contributed by atoms with Gasteiger partial charge in [-0.2, -0.15) is 0 Å². The molecular weight excluding hydrogens is 246 g/mol. The molecule has 1 aliphatic rings. The van der Waals surface area contributed by atoms with Gasteiger partial charge >= 0.3 is 0 Å². The molecule has 0 aromatic heterocycles. The number of rotatable bonds is 3. The van der Waals surface area contributed by atoms with Gasteiger partial charge in [0.05, 0.1) is 0 Å². The zero-order valence-electron chi connectivity index (χ0n) is 11.9. The minimum Gasteiger partial charge on any atom is -0.489 e. The molecule has 3 rings (SSSR count). The van der Waals surface area contributed by atoms with Crippen LogP contribution in [0.1, 0.15) is 24.8 Å². The highest BCUT2D eigenvalue weighted by Crippen LogP contribution is 2.11. The highest BCUT2D eigenvalue weighted by molar-refractivity contribution is 5.22. The summed E-state index contributed by atoms with van der Waals surface area (Å²) in [6, 6.07) is 20.0. The Morgan fingerprint density at radius 1 is 0.750 bits per heavy atom. The Morgan fingerprint density at radius 2 is 1.35 bits per heavy atom. The maximum absolute atomic E-state index is 5.59. The van der Waals surface area contributed by atoms with E-state index in [0.29, 0.717) is 6.61 Å². The van der Waals surface area contributed by atoms with Crippen LogP contribution in [0.25, 0.3) is 0 Å². The Bertz CT molecular complexity index is 400. The van der Waals surface area contributed by atoms with E-state index in [1.165, 1.54) is 37.9 Å². The number of hydrogen-bond donors (Lipinski definition) is 1. The molecule has 0 amide bonds. The van der Waals surface area contributed by atoms with E-state index in [1.54, 1.807) is 0 Å². The molecule has 0 radical (unpaired) electrons. The highest BCUT2D eigenvalue weighted by atomic mass is 16.5. The largest absolute Gasteiger partial charge is 0.489 e. The van der Waals surface area contributed by atoms with Crippen LogP contribution in [-0.2, 0) is 6.61 Å². The van der Waals surface area contributed by atoms with Crippen LogP contribution in [0, 0.1) is 0 Å². The van der Waals surface area contributed by atoms with Crippen molar-refractivity contribution in [3.63, 3.8) is 0 Å².